The molecule has 0 unspecified atom stereocenters. The minimum atomic E-state index is -1.27. The smallest absolute Gasteiger partial charge is 0.326 e. The van der Waals surface area contributed by atoms with E-state index in [1.807, 2.05) is 0 Å². The van der Waals surface area contributed by atoms with E-state index >= 15 is 0 Å². The van der Waals surface area contributed by atoms with Crippen LogP contribution in [-0.2, 0) is 9.59 Å². The number of rotatable bonds is 9. The second-order valence-corrected chi connectivity index (χ2v) is 3.93. The zero-order valence-corrected chi connectivity index (χ0v) is 10.8. The summed E-state index contributed by atoms with van der Waals surface area (Å²) in [7, 11) is 0. The Morgan fingerprint density at radius 3 is 2.32 bits per heavy atom. The Bertz CT molecular complexity index is 320. The number of nitrogens with zero attached hydrogens (tertiary/aromatic N) is 1. The average Bonchev–Trinajstić information content (AvgIpc) is 2.34. The van der Waals surface area contributed by atoms with Gasteiger partial charge in [0.25, 0.3) is 0 Å². The van der Waals surface area contributed by atoms with Crippen molar-refractivity contribution in [3.05, 3.63) is 0 Å². The van der Waals surface area contributed by atoms with Crippen LogP contribution in [0.4, 0.5) is 4.79 Å². The van der Waals surface area contributed by atoms with Gasteiger partial charge in [-0.25, -0.2) is 9.59 Å². The minimum absolute atomic E-state index is 0.0643. The number of aliphatic carboxylic acids is 2. The lowest BCUT2D eigenvalue weighted by Gasteiger charge is -2.23. The SMILES string of the molecule is CCN(CCCO)C(=O)N[C@@H](CCC(=O)O)C(=O)O. The molecule has 0 saturated heterocycles. The molecule has 2 amide bonds. The van der Waals surface area contributed by atoms with Crippen molar-refractivity contribution in [1.82, 2.24) is 10.2 Å². The lowest BCUT2D eigenvalue weighted by Crippen LogP contribution is -2.48. The van der Waals surface area contributed by atoms with Crippen molar-refractivity contribution in [2.75, 3.05) is 19.7 Å². The fraction of sp³-hybridized carbons (Fsp3) is 0.727. The van der Waals surface area contributed by atoms with Crippen LogP contribution in [-0.4, -0.2) is 63.9 Å². The molecule has 110 valence electrons. The highest BCUT2D eigenvalue weighted by molar-refractivity contribution is 5.83. The van der Waals surface area contributed by atoms with Crippen molar-refractivity contribution in [3.63, 3.8) is 0 Å². The number of hydrogen-bond acceptors (Lipinski definition) is 4. The van der Waals surface area contributed by atoms with Gasteiger partial charge in [0.2, 0.25) is 0 Å². The summed E-state index contributed by atoms with van der Waals surface area (Å²) in [5, 5.41) is 28.4. The number of carboxylic acid groups (broad SMARTS) is 2. The number of hydrogen-bond donors (Lipinski definition) is 4. The number of carbonyl (C=O) groups is 3. The Labute approximate surface area is 111 Å². The Balaban J connectivity index is 4.42. The standard InChI is InChI=1S/C11H20N2O6/c1-2-13(6-3-7-14)11(19)12-8(10(17)18)4-5-9(15)16/h8,14H,2-7H2,1H3,(H,12,19)(H,15,16)(H,17,18)/t8-/m0/s1. The van der Waals surface area contributed by atoms with Crippen LogP contribution >= 0.6 is 0 Å². The largest absolute Gasteiger partial charge is 0.481 e. The molecule has 0 rings (SSSR count). The van der Waals surface area contributed by atoms with E-state index < -0.39 is 24.0 Å². The summed E-state index contributed by atoms with van der Waals surface area (Å²) in [6, 6.07) is -1.81. The number of urea groups is 1. The van der Waals surface area contributed by atoms with Crippen molar-refractivity contribution >= 4 is 18.0 Å². The van der Waals surface area contributed by atoms with Crippen LogP contribution in [0.15, 0.2) is 0 Å². The maximum atomic E-state index is 11.8. The second kappa shape index (κ2) is 9.15. The summed E-state index contributed by atoms with van der Waals surface area (Å²) in [5.74, 6) is -2.39. The summed E-state index contributed by atoms with van der Waals surface area (Å²) in [6.45, 7) is 2.34. The number of carboxylic acids is 2. The predicted molar refractivity (Wildman–Crippen MR) is 65.8 cm³/mol. The molecule has 1 atom stereocenters. The van der Waals surface area contributed by atoms with Crippen LogP contribution in [0.25, 0.3) is 0 Å². The molecule has 0 saturated carbocycles. The maximum absolute atomic E-state index is 11.8. The summed E-state index contributed by atoms with van der Waals surface area (Å²) in [5.41, 5.74) is 0. The number of aliphatic hydroxyl groups is 1. The molecule has 0 spiro atoms. The molecular formula is C11H20N2O6. The highest BCUT2D eigenvalue weighted by Gasteiger charge is 2.23. The van der Waals surface area contributed by atoms with Crippen molar-refractivity contribution < 1.29 is 29.7 Å². The quantitative estimate of drug-likeness (QED) is 0.458. The number of carbonyl (C=O) groups excluding carboxylic acids is 1. The third-order valence-corrected chi connectivity index (χ3v) is 2.50. The molecule has 0 aromatic heterocycles. The molecule has 8 nitrogen and oxygen atoms in total. The van der Waals surface area contributed by atoms with Crippen molar-refractivity contribution in [2.45, 2.75) is 32.2 Å². The minimum Gasteiger partial charge on any atom is -0.481 e. The van der Waals surface area contributed by atoms with Gasteiger partial charge in [-0.15, -0.1) is 0 Å². The fourth-order valence-corrected chi connectivity index (χ4v) is 1.43. The zero-order valence-electron chi connectivity index (χ0n) is 10.8. The van der Waals surface area contributed by atoms with Gasteiger partial charge in [-0.1, -0.05) is 0 Å². The van der Waals surface area contributed by atoms with E-state index in [2.05, 4.69) is 5.32 Å². The second-order valence-electron chi connectivity index (χ2n) is 3.93. The van der Waals surface area contributed by atoms with Gasteiger partial charge in [-0.3, -0.25) is 4.79 Å². The van der Waals surface area contributed by atoms with Crippen LogP contribution in [0.5, 0.6) is 0 Å². The molecule has 4 N–H and O–H groups in total. The molecule has 0 bridgehead atoms. The van der Waals surface area contributed by atoms with Crippen LogP contribution in [0.1, 0.15) is 26.2 Å². The summed E-state index contributed by atoms with van der Waals surface area (Å²) in [4.78, 5) is 34.4. The molecule has 0 heterocycles. The van der Waals surface area contributed by atoms with E-state index in [-0.39, 0.29) is 19.4 Å². The fourth-order valence-electron chi connectivity index (χ4n) is 1.43. The van der Waals surface area contributed by atoms with E-state index in [0.29, 0.717) is 19.5 Å². The van der Waals surface area contributed by atoms with Crippen molar-refractivity contribution in [1.29, 1.82) is 0 Å². The molecule has 0 aromatic rings. The third-order valence-electron chi connectivity index (χ3n) is 2.50. The lowest BCUT2D eigenvalue weighted by atomic mass is 10.1. The van der Waals surface area contributed by atoms with E-state index in [1.54, 1.807) is 6.92 Å². The van der Waals surface area contributed by atoms with Gasteiger partial charge in [0.15, 0.2) is 0 Å². The van der Waals surface area contributed by atoms with Gasteiger partial charge in [0.05, 0.1) is 0 Å². The summed E-state index contributed by atoms with van der Waals surface area (Å²) in [6.07, 6.45) is -0.109. The number of nitrogens with one attached hydrogen (secondary N) is 1. The van der Waals surface area contributed by atoms with E-state index in [4.69, 9.17) is 15.3 Å². The van der Waals surface area contributed by atoms with Gasteiger partial charge in [-0.05, 0) is 19.8 Å². The summed E-state index contributed by atoms with van der Waals surface area (Å²) >= 11 is 0. The molecular weight excluding hydrogens is 256 g/mol. The van der Waals surface area contributed by atoms with Gasteiger partial charge < -0.3 is 25.5 Å². The van der Waals surface area contributed by atoms with Crippen LogP contribution < -0.4 is 5.32 Å². The van der Waals surface area contributed by atoms with Crippen molar-refractivity contribution in [2.24, 2.45) is 0 Å². The van der Waals surface area contributed by atoms with E-state index in [9.17, 15) is 14.4 Å². The lowest BCUT2D eigenvalue weighted by molar-refractivity contribution is -0.140. The Morgan fingerprint density at radius 2 is 1.89 bits per heavy atom. The highest BCUT2D eigenvalue weighted by atomic mass is 16.4. The van der Waals surface area contributed by atoms with Gasteiger partial charge in [0.1, 0.15) is 6.04 Å². The van der Waals surface area contributed by atoms with Gasteiger partial charge >= 0.3 is 18.0 Å². The van der Waals surface area contributed by atoms with Crippen molar-refractivity contribution in [3.8, 4) is 0 Å². The highest BCUT2D eigenvalue weighted by Crippen LogP contribution is 2.01. The average molecular weight is 276 g/mol. The molecule has 0 aliphatic heterocycles. The molecule has 0 radical (unpaired) electrons. The van der Waals surface area contributed by atoms with Gasteiger partial charge in [-0.2, -0.15) is 0 Å². The number of aliphatic hydroxyl groups excluding tert-OH is 1. The van der Waals surface area contributed by atoms with E-state index in [1.165, 1.54) is 4.90 Å². The zero-order chi connectivity index (χ0) is 14.8. The van der Waals surface area contributed by atoms with Crippen LogP contribution in [0.3, 0.4) is 0 Å². The molecule has 0 aromatic carbocycles. The first kappa shape index (κ1) is 17.2. The first-order valence-electron chi connectivity index (χ1n) is 6.03. The predicted octanol–water partition coefficient (Wildman–Crippen LogP) is -0.282. The molecule has 19 heavy (non-hydrogen) atoms. The Kier molecular flexibility index (Phi) is 8.27. The molecule has 8 heteroatoms. The first-order valence-corrected chi connectivity index (χ1v) is 6.03. The Morgan fingerprint density at radius 1 is 1.26 bits per heavy atom. The van der Waals surface area contributed by atoms with Crippen LogP contribution in [0, 0.1) is 0 Å². The molecule has 0 aliphatic carbocycles. The topological polar surface area (TPSA) is 127 Å². The summed E-state index contributed by atoms with van der Waals surface area (Å²) < 4.78 is 0. The normalized spacial score (nSPS) is 11.7. The number of amides is 2. The van der Waals surface area contributed by atoms with Gasteiger partial charge in [0, 0.05) is 26.1 Å². The molecule has 0 fully saturated rings. The van der Waals surface area contributed by atoms with E-state index in [0.717, 1.165) is 0 Å². The molecule has 0 aliphatic rings. The Hall–Kier alpha value is -1.83. The maximum Gasteiger partial charge on any atom is 0.326 e. The van der Waals surface area contributed by atoms with Crippen LogP contribution in [0.2, 0.25) is 0 Å². The first-order chi connectivity index (χ1) is 8.92. The third kappa shape index (κ3) is 7.24. The monoisotopic (exact) mass is 276 g/mol.